The third kappa shape index (κ3) is 4.87. The molecule has 158 valence electrons. The summed E-state index contributed by atoms with van der Waals surface area (Å²) in [6.07, 6.45) is 0. The molecule has 1 heterocycles. The van der Waals surface area contributed by atoms with Crippen LogP contribution in [0, 0.1) is 10.1 Å². The number of carbonyl (C=O) groups excluding carboxylic acids is 1. The Morgan fingerprint density at radius 1 is 1.13 bits per heavy atom. The van der Waals surface area contributed by atoms with E-state index in [-0.39, 0.29) is 29.2 Å². The number of nitrogens with one attached hydrogen (secondary N) is 1. The van der Waals surface area contributed by atoms with Crippen LogP contribution in [-0.4, -0.2) is 55.6 Å². The second-order valence-electron chi connectivity index (χ2n) is 6.49. The van der Waals surface area contributed by atoms with E-state index in [0.29, 0.717) is 24.5 Å². The van der Waals surface area contributed by atoms with Crippen molar-refractivity contribution in [1.29, 1.82) is 0 Å². The van der Waals surface area contributed by atoms with Gasteiger partial charge in [0.25, 0.3) is 11.6 Å². The summed E-state index contributed by atoms with van der Waals surface area (Å²) in [6.45, 7) is 2.76. The molecule has 1 saturated heterocycles. The van der Waals surface area contributed by atoms with Crippen LogP contribution in [0.4, 0.5) is 5.69 Å². The number of hydrazone groups is 1. The van der Waals surface area contributed by atoms with E-state index >= 15 is 0 Å². The van der Waals surface area contributed by atoms with E-state index in [1.165, 1.54) is 46.8 Å². The number of morpholine rings is 1. The van der Waals surface area contributed by atoms with Crippen molar-refractivity contribution in [1.82, 2.24) is 9.73 Å². The van der Waals surface area contributed by atoms with Crippen molar-refractivity contribution in [3.8, 4) is 0 Å². The smallest absolute Gasteiger partial charge is 0.271 e. The van der Waals surface area contributed by atoms with Crippen LogP contribution in [0.5, 0.6) is 0 Å². The zero-order valence-electron chi connectivity index (χ0n) is 16.1. The Bertz CT molecular complexity index is 1090. The molecule has 0 aliphatic carbocycles. The average Bonchev–Trinajstić information content (AvgIpc) is 2.78. The summed E-state index contributed by atoms with van der Waals surface area (Å²) in [7, 11) is -3.73. The lowest BCUT2D eigenvalue weighted by Gasteiger charge is -2.26. The third-order valence-electron chi connectivity index (χ3n) is 4.50. The van der Waals surface area contributed by atoms with Gasteiger partial charge in [-0.1, -0.05) is 18.2 Å². The summed E-state index contributed by atoms with van der Waals surface area (Å²) in [5, 5.41) is 14.9. The molecule has 1 fully saturated rings. The molecule has 0 spiro atoms. The number of nitro benzene ring substituents is 1. The molecular formula is C19H20N4O6S. The first-order valence-electron chi connectivity index (χ1n) is 9.06. The Morgan fingerprint density at radius 2 is 1.80 bits per heavy atom. The van der Waals surface area contributed by atoms with Gasteiger partial charge in [-0.2, -0.15) is 9.41 Å². The van der Waals surface area contributed by atoms with Gasteiger partial charge in [0.2, 0.25) is 10.0 Å². The fourth-order valence-corrected chi connectivity index (χ4v) is 4.30. The standard InChI is InChI=1S/C19H20N4O6S/c1-14(15-4-2-6-17(12-15)23(25)26)20-21-19(24)16-5-3-7-18(13-16)30(27,28)22-8-10-29-11-9-22/h2-7,12-13H,8-11H2,1H3,(H,21,24)/b20-14-. The summed E-state index contributed by atoms with van der Waals surface area (Å²) in [4.78, 5) is 22.8. The summed E-state index contributed by atoms with van der Waals surface area (Å²) in [5.41, 5.74) is 3.24. The van der Waals surface area contributed by atoms with Crippen LogP contribution in [0.15, 0.2) is 58.5 Å². The van der Waals surface area contributed by atoms with Crippen LogP contribution < -0.4 is 5.43 Å². The maximum Gasteiger partial charge on any atom is 0.271 e. The molecule has 0 radical (unpaired) electrons. The molecule has 1 aliphatic heterocycles. The SMILES string of the molecule is C/C(=N/NC(=O)c1cccc(S(=O)(=O)N2CCOCC2)c1)c1cccc([N+](=O)[O-])c1. The van der Waals surface area contributed by atoms with E-state index in [1.807, 2.05) is 0 Å². The van der Waals surface area contributed by atoms with Crippen LogP contribution in [0.3, 0.4) is 0 Å². The minimum atomic E-state index is -3.73. The van der Waals surface area contributed by atoms with E-state index in [0.717, 1.165) is 0 Å². The number of rotatable bonds is 6. The molecule has 1 aliphatic rings. The average molecular weight is 432 g/mol. The van der Waals surface area contributed by atoms with Gasteiger partial charge >= 0.3 is 0 Å². The number of carbonyl (C=O) groups is 1. The topological polar surface area (TPSA) is 131 Å². The Balaban J connectivity index is 1.76. The molecule has 0 unspecified atom stereocenters. The fourth-order valence-electron chi connectivity index (χ4n) is 2.84. The first-order valence-corrected chi connectivity index (χ1v) is 10.5. The van der Waals surface area contributed by atoms with Crippen molar-refractivity contribution < 1.29 is 22.9 Å². The molecule has 10 nitrogen and oxygen atoms in total. The van der Waals surface area contributed by atoms with Crippen molar-refractivity contribution >= 4 is 27.3 Å². The minimum absolute atomic E-state index is 0.0106. The third-order valence-corrected chi connectivity index (χ3v) is 6.40. The molecule has 0 saturated carbocycles. The van der Waals surface area contributed by atoms with Crippen molar-refractivity contribution in [2.45, 2.75) is 11.8 Å². The van der Waals surface area contributed by atoms with E-state index < -0.39 is 20.9 Å². The molecule has 1 N–H and O–H groups in total. The zero-order chi connectivity index (χ0) is 21.7. The lowest BCUT2D eigenvalue weighted by Crippen LogP contribution is -2.40. The maximum atomic E-state index is 12.8. The molecule has 2 aromatic carbocycles. The van der Waals surface area contributed by atoms with E-state index in [2.05, 4.69) is 10.5 Å². The second kappa shape index (κ2) is 9.11. The maximum absolute atomic E-state index is 12.8. The Hall–Kier alpha value is -3.15. The van der Waals surface area contributed by atoms with Gasteiger partial charge in [-0.05, 0) is 25.1 Å². The molecule has 0 atom stereocenters. The summed E-state index contributed by atoms with van der Waals surface area (Å²) >= 11 is 0. The molecular weight excluding hydrogens is 412 g/mol. The summed E-state index contributed by atoms with van der Waals surface area (Å²) in [6, 6.07) is 11.5. The predicted molar refractivity (Wildman–Crippen MR) is 109 cm³/mol. The van der Waals surface area contributed by atoms with E-state index in [1.54, 1.807) is 13.0 Å². The summed E-state index contributed by atoms with van der Waals surface area (Å²) < 4.78 is 32.0. The fraction of sp³-hybridized carbons (Fsp3) is 0.263. The normalized spacial score (nSPS) is 15.6. The zero-order valence-corrected chi connectivity index (χ0v) is 17.0. The predicted octanol–water partition coefficient (Wildman–Crippen LogP) is 1.77. The van der Waals surface area contributed by atoms with Crippen molar-refractivity contribution in [2.24, 2.45) is 5.10 Å². The number of nitro groups is 1. The number of nitrogens with zero attached hydrogens (tertiary/aromatic N) is 3. The summed E-state index contributed by atoms with van der Waals surface area (Å²) in [5.74, 6) is -0.598. The minimum Gasteiger partial charge on any atom is -0.379 e. The number of sulfonamides is 1. The molecule has 3 rings (SSSR count). The number of hydrogen-bond acceptors (Lipinski definition) is 7. The Kier molecular flexibility index (Phi) is 6.55. The second-order valence-corrected chi connectivity index (χ2v) is 8.43. The van der Waals surface area contributed by atoms with Crippen LogP contribution in [0.25, 0.3) is 0 Å². The van der Waals surface area contributed by atoms with Crippen LogP contribution >= 0.6 is 0 Å². The van der Waals surface area contributed by atoms with Crippen molar-refractivity contribution in [2.75, 3.05) is 26.3 Å². The van der Waals surface area contributed by atoms with Gasteiger partial charge in [0.1, 0.15) is 0 Å². The first kappa shape index (κ1) is 21.6. The van der Waals surface area contributed by atoms with Gasteiger partial charge in [-0.3, -0.25) is 14.9 Å². The lowest BCUT2D eigenvalue weighted by atomic mass is 10.1. The number of hydrogen-bond donors (Lipinski definition) is 1. The first-order chi connectivity index (χ1) is 14.3. The van der Waals surface area contributed by atoms with Crippen LogP contribution in [0.2, 0.25) is 0 Å². The molecule has 2 aromatic rings. The van der Waals surface area contributed by atoms with Gasteiger partial charge in [0.15, 0.2) is 0 Å². The molecule has 11 heteroatoms. The molecule has 30 heavy (non-hydrogen) atoms. The Labute approximate surface area is 173 Å². The number of benzene rings is 2. The van der Waals surface area contributed by atoms with Crippen molar-refractivity contribution in [3.05, 3.63) is 69.8 Å². The van der Waals surface area contributed by atoms with Crippen LogP contribution in [-0.2, 0) is 14.8 Å². The molecule has 0 aromatic heterocycles. The van der Waals surface area contributed by atoms with Crippen molar-refractivity contribution in [3.63, 3.8) is 0 Å². The highest BCUT2D eigenvalue weighted by molar-refractivity contribution is 7.89. The Morgan fingerprint density at radius 3 is 2.50 bits per heavy atom. The largest absolute Gasteiger partial charge is 0.379 e. The number of ether oxygens (including phenoxy) is 1. The lowest BCUT2D eigenvalue weighted by molar-refractivity contribution is -0.384. The quantitative estimate of drug-likeness (QED) is 0.420. The number of amides is 1. The molecule has 1 amide bonds. The van der Waals surface area contributed by atoms with E-state index in [4.69, 9.17) is 4.74 Å². The highest BCUT2D eigenvalue weighted by atomic mass is 32.2. The van der Waals surface area contributed by atoms with Gasteiger partial charge in [0.05, 0.1) is 28.7 Å². The number of non-ortho nitro benzene ring substituents is 1. The van der Waals surface area contributed by atoms with Gasteiger partial charge in [-0.25, -0.2) is 13.8 Å². The molecule has 0 bridgehead atoms. The highest BCUT2D eigenvalue weighted by Gasteiger charge is 2.26. The van der Waals surface area contributed by atoms with Gasteiger partial charge in [0, 0.05) is 36.3 Å². The highest BCUT2D eigenvalue weighted by Crippen LogP contribution is 2.18. The monoisotopic (exact) mass is 432 g/mol. The van der Waals surface area contributed by atoms with Gasteiger partial charge in [-0.15, -0.1) is 0 Å². The van der Waals surface area contributed by atoms with Gasteiger partial charge < -0.3 is 4.74 Å². The van der Waals surface area contributed by atoms with Crippen LogP contribution in [0.1, 0.15) is 22.8 Å². The van der Waals surface area contributed by atoms with E-state index in [9.17, 15) is 23.3 Å².